The highest BCUT2D eigenvalue weighted by molar-refractivity contribution is 7.97. The number of hydrogen-bond acceptors (Lipinski definition) is 0. The summed E-state index contributed by atoms with van der Waals surface area (Å²) >= 11 is 0. The van der Waals surface area contributed by atoms with Crippen molar-refractivity contribution in [2.75, 3.05) is 18.5 Å². The molecule has 0 saturated heterocycles. The molecule has 0 aliphatic rings. The van der Waals surface area contributed by atoms with Gasteiger partial charge >= 0.3 is 0 Å². The summed E-state index contributed by atoms with van der Waals surface area (Å²) in [4.78, 5) is 0. The van der Waals surface area contributed by atoms with E-state index in [9.17, 15) is 0 Å². The summed E-state index contributed by atoms with van der Waals surface area (Å²) in [6.45, 7) is 7.15. The SMILES string of the molecule is [BH3-][P+](CC)(CC)CC. The molecule has 0 fully saturated rings. The molecule has 0 N–H and O–H groups in total. The molecule has 0 aromatic rings. The first-order valence-electron chi connectivity index (χ1n) is 3.07. The van der Waals surface area contributed by atoms with Gasteiger partial charge in [0.05, 0.1) is 0 Å². The number of hydrogen-bond donors (Lipinski definition) is 0. The molecule has 0 unspecified atom stereocenters. The Balaban J connectivity index is 3.58. The maximum atomic E-state index is 2.38. The average Bonchev–Trinajstić information content (AvgIpc) is 1.87. The van der Waals surface area contributed by atoms with E-state index in [4.69, 9.17) is 0 Å². The van der Waals surface area contributed by atoms with Crippen molar-refractivity contribution in [3.8, 4) is 0 Å². The van der Waals surface area contributed by atoms with Gasteiger partial charge in [0.2, 0.25) is 0 Å². The fourth-order valence-corrected chi connectivity index (χ4v) is 2.01. The lowest BCUT2D eigenvalue weighted by molar-refractivity contribution is 1.34. The molecule has 0 aromatic heterocycles. The Morgan fingerprint density at radius 1 is 1.00 bits per heavy atom. The Bertz CT molecular complexity index is 51.3. The van der Waals surface area contributed by atoms with E-state index in [2.05, 4.69) is 20.8 Å². The van der Waals surface area contributed by atoms with Gasteiger partial charge in [0.1, 0.15) is 7.57 Å². The minimum absolute atomic E-state index is 0.162. The van der Waals surface area contributed by atoms with Crippen molar-refractivity contribution in [2.45, 2.75) is 20.8 Å². The predicted molar refractivity (Wildman–Crippen MR) is 48.5 cm³/mol. The molecule has 0 amide bonds. The summed E-state index contributed by atoms with van der Waals surface area (Å²) in [5.74, 6) is 0. The molecule has 0 aromatic carbocycles. The molecule has 0 atom stereocenters. The van der Waals surface area contributed by atoms with E-state index in [-0.39, 0.29) is 7.14 Å². The van der Waals surface area contributed by atoms with Crippen LogP contribution in [0.3, 0.4) is 0 Å². The van der Waals surface area contributed by atoms with Gasteiger partial charge in [-0.3, -0.25) is 0 Å². The zero-order chi connectivity index (χ0) is 6.62. The minimum atomic E-state index is -0.162. The van der Waals surface area contributed by atoms with Crippen LogP contribution in [-0.4, -0.2) is 26.1 Å². The van der Waals surface area contributed by atoms with Crippen molar-refractivity contribution >= 4 is 14.7 Å². The van der Waals surface area contributed by atoms with Crippen LogP contribution in [0.25, 0.3) is 0 Å². The van der Waals surface area contributed by atoms with Gasteiger partial charge in [-0.2, -0.15) is 7.14 Å². The second kappa shape index (κ2) is 3.51. The molecule has 50 valence electrons. The molecule has 0 heterocycles. The normalized spacial score (nSPS) is 12.0. The van der Waals surface area contributed by atoms with E-state index in [1.165, 1.54) is 0 Å². The van der Waals surface area contributed by atoms with Crippen molar-refractivity contribution < 1.29 is 0 Å². The zero-order valence-electron chi connectivity index (χ0n) is 5.57. The monoisotopic (exact) mass is 132 g/mol. The van der Waals surface area contributed by atoms with Crippen LogP contribution in [0.1, 0.15) is 20.8 Å². The lowest BCUT2D eigenvalue weighted by Gasteiger charge is -2.24. The molecule has 0 nitrogen and oxygen atoms in total. The smallest absolute Gasteiger partial charge is 0.126 e. The van der Waals surface area contributed by atoms with Gasteiger partial charge in [0.15, 0.2) is 0 Å². The van der Waals surface area contributed by atoms with Crippen LogP contribution in [0.15, 0.2) is 0 Å². The summed E-state index contributed by atoms with van der Waals surface area (Å²) in [5.41, 5.74) is 0. The Kier molecular flexibility index (Phi) is 3.72. The summed E-state index contributed by atoms with van der Waals surface area (Å²) in [6, 6.07) is 0. The third kappa shape index (κ3) is 2.18. The second-order valence-corrected chi connectivity index (χ2v) is 4.86. The third-order valence-electron chi connectivity index (χ3n) is 1.34. The molecule has 0 rings (SSSR count). The molecular weight excluding hydrogens is 114 g/mol. The first-order valence-corrected chi connectivity index (χ1v) is 4.97. The topological polar surface area (TPSA) is 0 Å². The molecule has 0 saturated carbocycles. The zero-order valence-corrected chi connectivity index (χ0v) is 6.46. The summed E-state index contributed by atoms with van der Waals surface area (Å²) in [6.07, 6.45) is 4.62. The van der Waals surface area contributed by atoms with Gasteiger partial charge < -0.3 is 0 Å². The van der Waals surface area contributed by atoms with E-state index < -0.39 is 0 Å². The van der Waals surface area contributed by atoms with Crippen LogP contribution in [0.2, 0.25) is 0 Å². The van der Waals surface area contributed by atoms with E-state index in [0.29, 0.717) is 7.57 Å². The lowest BCUT2D eigenvalue weighted by atomic mass is 10.7. The van der Waals surface area contributed by atoms with Crippen LogP contribution < -0.4 is 0 Å². The van der Waals surface area contributed by atoms with Gasteiger partial charge in [-0.05, 0) is 20.8 Å². The summed E-state index contributed by atoms with van der Waals surface area (Å²) in [5, 5.41) is 0. The van der Waals surface area contributed by atoms with Gasteiger partial charge in [0, 0.05) is 18.5 Å². The first-order chi connectivity index (χ1) is 3.68. The largest absolute Gasteiger partial charge is 0.159 e. The second-order valence-electron chi connectivity index (χ2n) is 1.62. The summed E-state index contributed by atoms with van der Waals surface area (Å²) < 4.78 is 0. The maximum Gasteiger partial charge on any atom is 0.126 e. The Hall–Kier alpha value is 0.495. The molecule has 2 heteroatoms. The van der Waals surface area contributed by atoms with Crippen molar-refractivity contribution in [2.24, 2.45) is 0 Å². The Morgan fingerprint density at radius 2 is 1.25 bits per heavy atom. The van der Waals surface area contributed by atoms with Crippen LogP contribution in [-0.2, 0) is 0 Å². The molecule has 8 heavy (non-hydrogen) atoms. The van der Waals surface area contributed by atoms with Gasteiger partial charge in [-0.1, -0.05) is 0 Å². The van der Waals surface area contributed by atoms with Crippen LogP contribution in [0.4, 0.5) is 0 Å². The van der Waals surface area contributed by atoms with Gasteiger partial charge in [-0.15, -0.1) is 0 Å². The molecule has 0 radical (unpaired) electrons. The Labute approximate surface area is 54.8 Å². The van der Waals surface area contributed by atoms with Crippen LogP contribution in [0.5, 0.6) is 0 Å². The van der Waals surface area contributed by atoms with E-state index in [1.807, 2.05) is 0 Å². The highest BCUT2D eigenvalue weighted by Crippen LogP contribution is 2.52. The van der Waals surface area contributed by atoms with Crippen LogP contribution in [0, 0.1) is 0 Å². The quantitative estimate of drug-likeness (QED) is 0.401. The summed E-state index contributed by atoms with van der Waals surface area (Å²) in [7, 11) is 0.532. The van der Waals surface area contributed by atoms with E-state index in [0.717, 1.165) is 0 Å². The first kappa shape index (κ1) is 8.49. The van der Waals surface area contributed by atoms with Crippen LogP contribution >= 0.6 is 7.14 Å². The molecule has 0 aliphatic heterocycles. The molecular formula is C6H18BP. The van der Waals surface area contributed by atoms with E-state index in [1.54, 1.807) is 18.5 Å². The lowest BCUT2D eigenvalue weighted by Crippen LogP contribution is -2.00. The Morgan fingerprint density at radius 3 is 1.25 bits per heavy atom. The highest BCUT2D eigenvalue weighted by atomic mass is 31.2. The van der Waals surface area contributed by atoms with Gasteiger partial charge in [-0.25, -0.2) is 0 Å². The molecule has 0 spiro atoms. The minimum Gasteiger partial charge on any atom is -0.159 e. The highest BCUT2D eigenvalue weighted by Gasteiger charge is 2.14. The fraction of sp³-hybridized carbons (Fsp3) is 1.00. The molecule has 0 bridgehead atoms. The number of rotatable bonds is 3. The molecule has 0 aliphatic carbocycles. The maximum absolute atomic E-state index is 2.38. The third-order valence-corrected chi connectivity index (χ3v) is 4.02. The van der Waals surface area contributed by atoms with Crippen molar-refractivity contribution in [3.63, 3.8) is 0 Å². The van der Waals surface area contributed by atoms with Crippen molar-refractivity contribution in [1.29, 1.82) is 0 Å². The van der Waals surface area contributed by atoms with Crippen molar-refractivity contribution in [1.82, 2.24) is 0 Å². The van der Waals surface area contributed by atoms with Gasteiger partial charge in [0.25, 0.3) is 0 Å². The van der Waals surface area contributed by atoms with Crippen molar-refractivity contribution in [3.05, 3.63) is 0 Å². The average molecular weight is 132 g/mol. The fourth-order valence-electron chi connectivity index (χ4n) is 0.671. The standard InChI is InChI=1S/C6H18BP/c1-4-8(7,5-2)6-3/h4-6H2,1-3,7H3. The van der Waals surface area contributed by atoms with E-state index >= 15 is 0 Å². The predicted octanol–water partition coefficient (Wildman–Crippen LogP) is 1.34.